The maximum absolute atomic E-state index is 12.6. The first kappa shape index (κ1) is 14.6. The molecule has 0 unspecified atom stereocenters. The van der Waals surface area contributed by atoms with Gasteiger partial charge in [0, 0.05) is 16.6 Å². The van der Waals surface area contributed by atoms with Gasteiger partial charge in [-0.2, -0.15) is 0 Å². The number of nitrogens with zero attached hydrogens (tertiary/aromatic N) is 3. The molecule has 3 heterocycles. The Morgan fingerprint density at radius 3 is 3.04 bits per heavy atom. The molecule has 2 aromatic heterocycles. The number of carbonyl (C=O) groups is 1. The molecule has 23 heavy (non-hydrogen) atoms. The van der Waals surface area contributed by atoms with Gasteiger partial charge >= 0.3 is 0 Å². The fourth-order valence-electron chi connectivity index (χ4n) is 2.64. The van der Waals surface area contributed by atoms with E-state index in [2.05, 4.69) is 26.1 Å². The molecular formula is C16H12BrN3O2S. The largest absolute Gasteiger partial charge is 0.418 e. The molecule has 0 aliphatic carbocycles. The Morgan fingerprint density at radius 2 is 2.22 bits per heavy atom. The molecule has 1 amide bonds. The fourth-order valence-corrected chi connectivity index (χ4v) is 3.69. The zero-order chi connectivity index (χ0) is 15.8. The van der Waals surface area contributed by atoms with Crippen LogP contribution in [0.3, 0.4) is 0 Å². The van der Waals surface area contributed by atoms with E-state index in [-0.39, 0.29) is 5.91 Å². The van der Waals surface area contributed by atoms with Gasteiger partial charge in [-0.05, 0) is 41.6 Å². The average Bonchev–Trinajstić information content (AvgIpc) is 3.21. The standard InChI is InChI=1S/C16H12BrN3O2S/c17-11-3-4-12-10(8-11)5-6-20(16(12)21)9-14-18-19-15(22-14)13-2-1-7-23-13/h1-4,7-8H,5-6,9H2. The molecule has 1 aromatic carbocycles. The van der Waals surface area contributed by atoms with Gasteiger partial charge in [-0.3, -0.25) is 4.79 Å². The second-order valence-electron chi connectivity index (χ2n) is 5.26. The van der Waals surface area contributed by atoms with Crippen molar-refractivity contribution in [3.05, 3.63) is 57.2 Å². The van der Waals surface area contributed by atoms with Crippen LogP contribution in [0, 0.1) is 0 Å². The van der Waals surface area contributed by atoms with E-state index in [9.17, 15) is 4.79 Å². The number of fused-ring (bicyclic) bond motifs is 1. The predicted octanol–water partition coefficient (Wildman–Crippen LogP) is 3.76. The van der Waals surface area contributed by atoms with Gasteiger partial charge in [0.25, 0.3) is 11.8 Å². The van der Waals surface area contributed by atoms with Gasteiger partial charge in [0.1, 0.15) is 0 Å². The molecule has 4 rings (SSSR count). The Kier molecular flexibility index (Phi) is 3.74. The van der Waals surface area contributed by atoms with Crippen molar-refractivity contribution in [1.82, 2.24) is 15.1 Å². The number of aromatic nitrogens is 2. The lowest BCUT2D eigenvalue weighted by Crippen LogP contribution is -2.37. The first-order valence-electron chi connectivity index (χ1n) is 7.14. The second-order valence-corrected chi connectivity index (χ2v) is 7.12. The van der Waals surface area contributed by atoms with Gasteiger partial charge in [-0.15, -0.1) is 21.5 Å². The summed E-state index contributed by atoms with van der Waals surface area (Å²) in [4.78, 5) is 15.3. The molecule has 0 saturated carbocycles. The zero-order valence-electron chi connectivity index (χ0n) is 12.0. The SMILES string of the molecule is O=C1c2ccc(Br)cc2CCN1Cc1nnc(-c2cccs2)o1. The van der Waals surface area contributed by atoms with E-state index in [0.29, 0.717) is 24.9 Å². The summed E-state index contributed by atoms with van der Waals surface area (Å²) in [5, 5.41) is 10.1. The van der Waals surface area contributed by atoms with Crippen molar-refractivity contribution in [1.29, 1.82) is 0 Å². The molecule has 3 aromatic rings. The van der Waals surface area contributed by atoms with E-state index in [0.717, 1.165) is 26.9 Å². The summed E-state index contributed by atoms with van der Waals surface area (Å²) in [6.45, 7) is 0.992. The van der Waals surface area contributed by atoms with Crippen LogP contribution in [-0.2, 0) is 13.0 Å². The molecular weight excluding hydrogens is 378 g/mol. The van der Waals surface area contributed by atoms with Crippen LogP contribution in [-0.4, -0.2) is 27.5 Å². The zero-order valence-corrected chi connectivity index (χ0v) is 14.4. The van der Waals surface area contributed by atoms with Crippen molar-refractivity contribution < 1.29 is 9.21 Å². The summed E-state index contributed by atoms with van der Waals surface area (Å²) in [5.74, 6) is 0.973. The van der Waals surface area contributed by atoms with Crippen LogP contribution >= 0.6 is 27.3 Å². The number of amides is 1. The van der Waals surface area contributed by atoms with E-state index < -0.39 is 0 Å². The molecule has 0 saturated heterocycles. The van der Waals surface area contributed by atoms with Crippen molar-refractivity contribution in [2.75, 3.05) is 6.54 Å². The average molecular weight is 390 g/mol. The first-order chi connectivity index (χ1) is 11.2. The highest BCUT2D eigenvalue weighted by Gasteiger charge is 2.26. The highest BCUT2D eigenvalue weighted by Crippen LogP contribution is 2.26. The van der Waals surface area contributed by atoms with Gasteiger partial charge in [-0.1, -0.05) is 22.0 Å². The van der Waals surface area contributed by atoms with E-state index in [1.54, 1.807) is 16.2 Å². The Bertz CT molecular complexity index is 860. The lowest BCUT2D eigenvalue weighted by atomic mass is 9.99. The first-order valence-corrected chi connectivity index (χ1v) is 8.82. The number of rotatable bonds is 3. The lowest BCUT2D eigenvalue weighted by Gasteiger charge is -2.27. The molecule has 0 atom stereocenters. The van der Waals surface area contributed by atoms with Crippen LogP contribution in [0.2, 0.25) is 0 Å². The molecule has 7 heteroatoms. The predicted molar refractivity (Wildman–Crippen MR) is 90.2 cm³/mol. The van der Waals surface area contributed by atoms with Crippen LogP contribution in [0.1, 0.15) is 21.8 Å². The van der Waals surface area contributed by atoms with Crippen LogP contribution < -0.4 is 0 Å². The van der Waals surface area contributed by atoms with Gasteiger partial charge < -0.3 is 9.32 Å². The quantitative estimate of drug-likeness (QED) is 0.684. The summed E-state index contributed by atoms with van der Waals surface area (Å²) in [5.41, 5.74) is 1.82. The van der Waals surface area contributed by atoms with E-state index in [1.165, 1.54) is 0 Å². The molecule has 0 bridgehead atoms. The highest BCUT2D eigenvalue weighted by atomic mass is 79.9. The number of halogens is 1. The third-order valence-electron chi connectivity index (χ3n) is 3.76. The van der Waals surface area contributed by atoms with Gasteiger partial charge in [0.05, 0.1) is 11.4 Å². The Labute approximate surface area is 145 Å². The Hall–Kier alpha value is -1.99. The number of benzene rings is 1. The van der Waals surface area contributed by atoms with Gasteiger partial charge in [0.2, 0.25) is 5.89 Å². The van der Waals surface area contributed by atoms with Gasteiger partial charge in [0.15, 0.2) is 0 Å². The van der Waals surface area contributed by atoms with Crippen LogP contribution in [0.25, 0.3) is 10.8 Å². The summed E-state index contributed by atoms with van der Waals surface area (Å²) < 4.78 is 6.67. The summed E-state index contributed by atoms with van der Waals surface area (Å²) in [7, 11) is 0. The van der Waals surface area contributed by atoms with Crippen molar-refractivity contribution in [3.8, 4) is 10.8 Å². The molecule has 0 fully saturated rings. The fraction of sp³-hybridized carbons (Fsp3) is 0.188. The lowest BCUT2D eigenvalue weighted by molar-refractivity contribution is 0.0712. The molecule has 0 N–H and O–H groups in total. The van der Waals surface area contributed by atoms with Crippen LogP contribution in [0.5, 0.6) is 0 Å². The molecule has 5 nitrogen and oxygen atoms in total. The third-order valence-corrected chi connectivity index (χ3v) is 5.11. The topological polar surface area (TPSA) is 59.2 Å². The van der Waals surface area contributed by atoms with Crippen molar-refractivity contribution >= 4 is 33.2 Å². The maximum Gasteiger partial charge on any atom is 0.257 e. The van der Waals surface area contributed by atoms with E-state index >= 15 is 0 Å². The number of hydrogen-bond donors (Lipinski definition) is 0. The van der Waals surface area contributed by atoms with Gasteiger partial charge in [-0.25, -0.2) is 0 Å². The number of hydrogen-bond acceptors (Lipinski definition) is 5. The number of carbonyl (C=O) groups excluding carboxylic acids is 1. The van der Waals surface area contributed by atoms with Crippen molar-refractivity contribution in [2.45, 2.75) is 13.0 Å². The summed E-state index contributed by atoms with van der Waals surface area (Å²) in [6, 6.07) is 9.63. The summed E-state index contributed by atoms with van der Waals surface area (Å²) >= 11 is 4.99. The molecule has 1 aliphatic heterocycles. The smallest absolute Gasteiger partial charge is 0.257 e. The van der Waals surface area contributed by atoms with Crippen molar-refractivity contribution in [2.24, 2.45) is 0 Å². The minimum absolute atomic E-state index is 0.00891. The van der Waals surface area contributed by atoms with Crippen LogP contribution in [0.15, 0.2) is 44.6 Å². The van der Waals surface area contributed by atoms with Crippen LogP contribution in [0.4, 0.5) is 0 Å². The summed E-state index contributed by atoms with van der Waals surface area (Å²) in [6.07, 6.45) is 0.826. The Morgan fingerprint density at radius 1 is 1.30 bits per heavy atom. The Balaban J connectivity index is 1.54. The minimum atomic E-state index is 0.00891. The third kappa shape index (κ3) is 2.82. The minimum Gasteiger partial charge on any atom is -0.418 e. The van der Waals surface area contributed by atoms with Crippen molar-refractivity contribution in [3.63, 3.8) is 0 Å². The normalized spacial score (nSPS) is 14.1. The van der Waals surface area contributed by atoms with E-state index in [1.807, 2.05) is 35.7 Å². The maximum atomic E-state index is 12.6. The number of thiophene rings is 1. The monoisotopic (exact) mass is 389 g/mol. The van der Waals surface area contributed by atoms with E-state index in [4.69, 9.17) is 4.42 Å². The highest BCUT2D eigenvalue weighted by molar-refractivity contribution is 9.10. The molecule has 1 aliphatic rings. The molecule has 0 radical (unpaired) electrons. The second kappa shape index (κ2) is 5.90. The molecule has 116 valence electrons. The molecule has 0 spiro atoms.